The van der Waals surface area contributed by atoms with Gasteiger partial charge in [-0.05, 0) is 43.4 Å². The molecule has 1 aromatic rings. The largest absolute Gasteiger partial charge is 0.341 e. The van der Waals surface area contributed by atoms with Crippen LogP contribution in [0.4, 0.5) is 5.69 Å². The number of anilines is 1. The van der Waals surface area contributed by atoms with Crippen LogP contribution in [0, 0.1) is 12.8 Å². The van der Waals surface area contributed by atoms with Gasteiger partial charge in [-0.3, -0.25) is 9.10 Å². The molecule has 1 heterocycles. The van der Waals surface area contributed by atoms with Crippen molar-refractivity contribution in [1.29, 1.82) is 0 Å². The molecule has 1 aromatic carbocycles. The summed E-state index contributed by atoms with van der Waals surface area (Å²) in [7, 11) is -3.58. The van der Waals surface area contributed by atoms with E-state index in [1.807, 2.05) is 0 Å². The molecule has 1 fully saturated rings. The van der Waals surface area contributed by atoms with Gasteiger partial charge in [0.2, 0.25) is 15.9 Å². The number of hydrogen-bond acceptors (Lipinski definition) is 3. The minimum absolute atomic E-state index is 0.165. The van der Waals surface area contributed by atoms with E-state index in [2.05, 4.69) is 6.92 Å². The van der Waals surface area contributed by atoms with Gasteiger partial charge >= 0.3 is 0 Å². The van der Waals surface area contributed by atoms with Crippen molar-refractivity contribution in [2.45, 2.75) is 26.7 Å². The third-order valence-electron chi connectivity index (χ3n) is 4.20. The van der Waals surface area contributed by atoms with Crippen LogP contribution in [0.3, 0.4) is 0 Å². The highest BCUT2D eigenvalue weighted by Crippen LogP contribution is 2.28. The first-order chi connectivity index (χ1) is 10.7. The number of sulfonamides is 1. The maximum absolute atomic E-state index is 12.6. The summed E-state index contributed by atoms with van der Waals surface area (Å²) in [6, 6.07) is 5.07. The minimum Gasteiger partial charge on any atom is -0.341 e. The number of rotatable bonds is 4. The Morgan fingerprint density at radius 2 is 2.13 bits per heavy atom. The van der Waals surface area contributed by atoms with Crippen LogP contribution in [0.2, 0.25) is 5.02 Å². The zero-order valence-corrected chi connectivity index (χ0v) is 15.3. The SMILES string of the molecule is Cc1c(Cl)cccc1N(CC(=O)N1CCCC(C)C1)S(C)(=O)=O. The summed E-state index contributed by atoms with van der Waals surface area (Å²) >= 11 is 6.10. The first-order valence-corrected chi connectivity index (χ1v) is 9.93. The molecule has 5 nitrogen and oxygen atoms in total. The Bertz CT molecular complexity index is 691. The molecule has 1 unspecified atom stereocenters. The number of piperidine rings is 1. The van der Waals surface area contributed by atoms with E-state index in [1.54, 1.807) is 30.0 Å². The van der Waals surface area contributed by atoms with Crippen LogP contribution in [0.15, 0.2) is 18.2 Å². The van der Waals surface area contributed by atoms with E-state index in [-0.39, 0.29) is 12.5 Å². The predicted molar refractivity (Wildman–Crippen MR) is 93.4 cm³/mol. The van der Waals surface area contributed by atoms with Crippen LogP contribution in [0.25, 0.3) is 0 Å². The van der Waals surface area contributed by atoms with Crippen molar-refractivity contribution in [1.82, 2.24) is 4.90 Å². The maximum Gasteiger partial charge on any atom is 0.243 e. The summed E-state index contributed by atoms with van der Waals surface area (Å²) in [6.45, 7) is 5.05. The molecule has 1 aliphatic heterocycles. The van der Waals surface area contributed by atoms with Gasteiger partial charge in [0.25, 0.3) is 0 Å². The van der Waals surface area contributed by atoms with Crippen molar-refractivity contribution in [3.63, 3.8) is 0 Å². The smallest absolute Gasteiger partial charge is 0.243 e. The fraction of sp³-hybridized carbons (Fsp3) is 0.562. The van der Waals surface area contributed by atoms with Crippen molar-refractivity contribution < 1.29 is 13.2 Å². The molecule has 0 N–H and O–H groups in total. The van der Waals surface area contributed by atoms with Gasteiger partial charge in [0, 0.05) is 18.1 Å². The van der Waals surface area contributed by atoms with Crippen molar-refractivity contribution in [2.75, 3.05) is 30.2 Å². The summed E-state index contributed by atoms with van der Waals surface area (Å²) in [5.41, 5.74) is 1.11. The van der Waals surface area contributed by atoms with Gasteiger partial charge in [-0.15, -0.1) is 0 Å². The molecule has 23 heavy (non-hydrogen) atoms. The third-order valence-corrected chi connectivity index (χ3v) is 5.73. The monoisotopic (exact) mass is 358 g/mol. The number of carbonyl (C=O) groups excluding carboxylic acids is 1. The van der Waals surface area contributed by atoms with E-state index < -0.39 is 10.0 Å². The number of amides is 1. The Kier molecular flexibility index (Phi) is 5.57. The van der Waals surface area contributed by atoms with Crippen LogP contribution in [-0.4, -0.2) is 45.1 Å². The number of nitrogens with zero attached hydrogens (tertiary/aromatic N) is 2. The summed E-state index contributed by atoms with van der Waals surface area (Å²) in [5, 5.41) is 0.482. The number of halogens is 1. The molecule has 1 atom stereocenters. The lowest BCUT2D eigenvalue weighted by Crippen LogP contribution is -2.46. The van der Waals surface area contributed by atoms with Gasteiger partial charge in [-0.1, -0.05) is 24.6 Å². The lowest BCUT2D eigenvalue weighted by atomic mass is 10.0. The number of likely N-dealkylation sites (tertiary alicyclic amines) is 1. The van der Waals surface area contributed by atoms with Gasteiger partial charge in [0.1, 0.15) is 6.54 Å². The van der Waals surface area contributed by atoms with Gasteiger partial charge in [0.15, 0.2) is 0 Å². The Hall–Kier alpha value is -1.27. The summed E-state index contributed by atoms with van der Waals surface area (Å²) < 4.78 is 25.5. The van der Waals surface area contributed by atoms with Crippen LogP contribution in [0.5, 0.6) is 0 Å². The topological polar surface area (TPSA) is 57.7 Å². The van der Waals surface area contributed by atoms with E-state index >= 15 is 0 Å². The van der Waals surface area contributed by atoms with E-state index in [4.69, 9.17) is 11.6 Å². The highest BCUT2D eigenvalue weighted by molar-refractivity contribution is 7.92. The van der Waals surface area contributed by atoms with Gasteiger partial charge in [-0.2, -0.15) is 0 Å². The van der Waals surface area contributed by atoms with Crippen molar-refractivity contribution in [3.05, 3.63) is 28.8 Å². The van der Waals surface area contributed by atoms with Gasteiger partial charge < -0.3 is 4.90 Å². The second-order valence-corrected chi connectivity index (χ2v) is 8.55. The molecule has 1 amide bonds. The zero-order chi connectivity index (χ0) is 17.2. The van der Waals surface area contributed by atoms with E-state index in [1.165, 1.54) is 0 Å². The first-order valence-electron chi connectivity index (χ1n) is 7.70. The average Bonchev–Trinajstić information content (AvgIpc) is 2.46. The summed E-state index contributed by atoms with van der Waals surface area (Å²) in [6.07, 6.45) is 3.18. The Balaban J connectivity index is 2.27. The third kappa shape index (κ3) is 4.38. The average molecular weight is 359 g/mol. The van der Waals surface area contributed by atoms with Gasteiger partial charge in [-0.25, -0.2) is 8.42 Å². The van der Waals surface area contributed by atoms with Crippen LogP contribution < -0.4 is 4.31 Å². The second kappa shape index (κ2) is 7.09. The fourth-order valence-corrected chi connectivity index (χ4v) is 3.96. The Morgan fingerprint density at radius 3 is 2.74 bits per heavy atom. The second-order valence-electron chi connectivity index (χ2n) is 6.24. The Morgan fingerprint density at radius 1 is 1.43 bits per heavy atom. The molecule has 0 radical (unpaired) electrons. The lowest BCUT2D eigenvalue weighted by Gasteiger charge is -2.33. The summed E-state index contributed by atoms with van der Waals surface area (Å²) in [5.74, 6) is 0.286. The van der Waals surface area contributed by atoms with E-state index in [0.717, 1.165) is 23.4 Å². The Labute approximate surface area is 143 Å². The molecule has 128 valence electrons. The predicted octanol–water partition coefficient (Wildman–Crippen LogP) is 2.67. The van der Waals surface area contributed by atoms with E-state index in [9.17, 15) is 13.2 Å². The first kappa shape index (κ1) is 18.1. The van der Waals surface area contributed by atoms with Gasteiger partial charge in [0.05, 0.1) is 11.9 Å². The normalized spacial score (nSPS) is 18.8. The fourth-order valence-electron chi connectivity index (χ4n) is 2.89. The highest BCUT2D eigenvalue weighted by Gasteiger charge is 2.27. The molecule has 0 saturated carbocycles. The molecule has 0 aromatic heterocycles. The standard InChI is InChI=1S/C16H23ClN2O3S/c1-12-6-5-9-18(10-12)16(20)11-19(23(3,21)22)15-8-4-7-14(17)13(15)2/h4,7-8,12H,5-6,9-11H2,1-3H3. The van der Waals surface area contributed by atoms with Crippen LogP contribution in [0.1, 0.15) is 25.3 Å². The van der Waals surface area contributed by atoms with Crippen molar-refractivity contribution in [3.8, 4) is 0 Å². The molecule has 0 aliphatic carbocycles. The van der Waals surface area contributed by atoms with Crippen LogP contribution >= 0.6 is 11.6 Å². The molecule has 2 rings (SSSR count). The molecule has 7 heteroatoms. The quantitative estimate of drug-likeness (QED) is 0.831. The molecule has 0 bridgehead atoms. The number of benzene rings is 1. The zero-order valence-electron chi connectivity index (χ0n) is 13.8. The lowest BCUT2D eigenvalue weighted by molar-refractivity contribution is -0.131. The molecular formula is C16H23ClN2O3S. The van der Waals surface area contributed by atoms with E-state index in [0.29, 0.717) is 35.3 Å². The van der Waals surface area contributed by atoms with Crippen LogP contribution in [-0.2, 0) is 14.8 Å². The number of hydrogen-bond donors (Lipinski definition) is 0. The van der Waals surface area contributed by atoms with Crippen molar-refractivity contribution in [2.24, 2.45) is 5.92 Å². The van der Waals surface area contributed by atoms with Crippen molar-refractivity contribution >= 4 is 33.2 Å². The number of carbonyl (C=O) groups is 1. The molecule has 1 aliphatic rings. The maximum atomic E-state index is 12.6. The molecular weight excluding hydrogens is 336 g/mol. The molecule has 1 saturated heterocycles. The summed E-state index contributed by atoms with van der Waals surface area (Å²) in [4.78, 5) is 14.3. The minimum atomic E-state index is -3.58. The molecule has 0 spiro atoms. The highest BCUT2D eigenvalue weighted by atomic mass is 35.5.